The van der Waals surface area contributed by atoms with Crippen molar-refractivity contribution in [1.29, 1.82) is 0 Å². The molecule has 7 heteroatoms. The molecule has 0 aliphatic carbocycles. The Hall–Kier alpha value is -2.05. The molecule has 0 bridgehead atoms. The first-order valence-electron chi connectivity index (χ1n) is 7.03. The van der Waals surface area contributed by atoms with Crippen molar-refractivity contribution < 1.29 is 10.0 Å². The van der Waals surface area contributed by atoms with E-state index >= 15 is 0 Å². The number of amides is 1. The van der Waals surface area contributed by atoms with Crippen molar-refractivity contribution in [3.8, 4) is 0 Å². The van der Waals surface area contributed by atoms with E-state index < -0.39 is 0 Å². The molecule has 0 atom stereocenters. The summed E-state index contributed by atoms with van der Waals surface area (Å²) < 4.78 is 1.71. The molecule has 1 amide bonds. The maximum Gasteiger partial charge on any atom is 0.257 e. The first kappa shape index (κ1) is 17.0. The van der Waals surface area contributed by atoms with Gasteiger partial charge in [0.25, 0.3) is 5.91 Å². The van der Waals surface area contributed by atoms with Crippen LogP contribution in [0.25, 0.3) is 0 Å². The van der Waals surface area contributed by atoms with Crippen molar-refractivity contribution >= 4 is 11.7 Å². The molecule has 0 fully saturated rings. The van der Waals surface area contributed by atoms with Crippen LogP contribution in [0.3, 0.4) is 0 Å². The van der Waals surface area contributed by atoms with Gasteiger partial charge in [-0.1, -0.05) is 19.0 Å². The van der Waals surface area contributed by atoms with Gasteiger partial charge in [-0.25, -0.2) is 0 Å². The number of nitrogens with zero attached hydrogens (tertiary/aromatic N) is 4. The molecule has 0 saturated heterocycles. The number of hydrogen-bond acceptors (Lipinski definition) is 4. The van der Waals surface area contributed by atoms with E-state index in [1.807, 2.05) is 34.7 Å². The Morgan fingerprint density at radius 1 is 1.48 bits per heavy atom. The number of hydrogen-bond donors (Lipinski definition) is 2. The van der Waals surface area contributed by atoms with Crippen molar-refractivity contribution in [3.63, 3.8) is 0 Å². The lowest BCUT2D eigenvalue weighted by molar-refractivity contribution is 0.0739. The van der Waals surface area contributed by atoms with E-state index in [9.17, 15) is 4.79 Å². The van der Waals surface area contributed by atoms with E-state index in [0.717, 1.165) is 11.4 Å². The van der Waals surface area contributed by atoms with Crippen molar-refractivity contribution in [2.45, 2.75) is 34.1 Å². The Bertz CT molecular complexity index is 534. The molecule has 0 spiro atoms. The molecule has 0 aliphatic rings. The first-order chi connectivity index (χ1) is 9.77. The van der Waals surface area contributed by atoms with Gasteiger partial charge in [-0.2, -0.15) is 5.10 Å². The van der Waals surface area contributed by atoms with Crippen LogP contribution in [-0.4, -0.2) is 44.7 Å². The minimum atomic E-state index is -0.0578. The molecule has 1 aromatic rings. The first-order valence-corrected chi connectivity index (χ1v) is 7.03. The van der Waals surface area contributed by atoms with Gasteiger partial charge in [0.1, 0.15) is 5.84 Å². The third kappa shape index (κ3) is 4.21. The second-order valence-electron chi connectivity index (χ2n) is 5.66. The lowest BCUT2D eigenvalue weighted by Gasteiger charge is -2.24. The molecule has 0 unspecified atom stereocenters. The Kier molecular flexibility index (Phi) is 5.75. The lowest BCUT2D eigenvalue weighted by Crippen LogP contribution is -2.37. The molecule has 0 aliphatic heterocycles. The van der Waals surface area contributed by atoms with E-state index in [0.29, 0.717) is 31.0 Å². The van der Waals surface area contributed by atoms with E-state index in [-0.39, 0.29) is 11.7 Å². The van der Waals surface area contributed by atoms with Gasteiger partial charge in [0, 0.05) is 32.3 Å². The van der Waals surface area contributed by atoms with Gasteiger partial charge in [-0.05, 0) is 19.8 Å². The third-order valence-corrected chi connectivity index (χ3v) is 3.36. The second kappa shape index (κ2) is 7.10. The van der Waals surface area contributed by atoms with Crippen molar-refractivity contribution in [3.05, 3.63) is 17.0 Å². The molecule has 0 radical (unpaired) electrons. The number of oxime groups is 1. The van der Waals surface area contributed by atoms with Crippen molar-refractivity contribution in [2.75, 3.05) is 13.1 Å². The van der Waals surface area contributed by atoms with E-state index in [1.165, 1.54) is 0 Å². The standard InChI is InChI=1S/C14H25N5O2/c1-9(2)8-19(7-6-12(15)17-21)14(20)13-10(3)16-18(5)11(13)4/h9,21H,6-8H2,1-5H3,(H2,15,17). The molecular formula is C14H25N5O2. The summed E-state index contributed by atoms with van der Waals surface area (Å²) in [4.78, 5) is 14.5. The number of carbonyl (C=O) groups excluding carboxylic acids is 1. The minimum Gasteiger partial charge on any atom is -0.409 e. The fraction of sp³-hybridized carbons (Fsp3) is 0.643. The molecule has 118 valence electrons. The summed E-state index contributed by atoms with van der Waals surface area (Å²) in [5.41, 5.74) is 7.70. The molecule has 3 N–H and O–H groups in total. The van der Waals surface area contributed by atoms with Gasteiger partial charge in [-0.3, -0.25) is 9.48 Å². The minimum absolute atomic E-state index is 0.0578. The molecule has 1 aromatic heterocycles. The van der Waals surface area contributed by atoms with Crippen LogP contribution in [0.1, 0.15) is 42.0 Å². The van der Waals surface area contributed by atoms with Gasteiger partial charge in [0.05, 0.1) is 11.3 Å². The summed E-state index contributed by atoms with van der Waals surface area (Å²) in [5, 5.41) is 15.9. The zero-order chi connectivity index (χ0) is 16.2. The second-order valence-corrected chi connectivity index (χ2v) is 5.66. The average molecular weight is 295 g/mol. The smallest absolute Gasteiger partial charge is 0.257 e. The van der Waals surface area contributed by atoms with Gasteiger partial charge >= 0.3 is 0 Å². The monoisotopic (exact) mass is 295 g/mol. The van der Waals surface area contributed by atoms with Gasteiger partial charge in [-0.15, -0.1) is 0 Å². The molecule has 0 saturated carbocycles. The van der Waals surface area contributed by atoms with Gasteiger partial charge < -0.3 is 15.8 Å². The fourth-order valence-corrected chi connectivity index (χ4v) is 2.26. The SMILES string of the molecule is Cc1nn(C)c(C)c1C(=O)N(CCC(N)=NO)CC(C)C. The van der Waals surface area contributed by atoms with Crippen LogP contribution in [0.5, 0.6) is 0 Å². The molecule has 21 heavy (non-hydrogen) atoms. The highest BCUT2D eigenvalue weighted by Gasteiger charge is 2.23. The van der Waals surface area contributed by atoms with Crippen LogP contribution in [0.15, 0.2) is 5.16 Å². The number of amidine groups is 1. The predicted molar refractivity (Wildman–Crippen MR) is 81.4 cm³/mol. The predicted octanol–water partition coefficient (Wildman–Crippen LogP) is 1.27. The average Bonchev–Trinajstić information content (AvgIpc) is 2.66. The van der Waals surface area contributed by atoms with Crippen LogP contribution in [0, 0.1) is 19.8 Å². The number of carbonyl (C=O) groups is 1. The Balaban J connectivity index is 2.99. The number of aryl methyl sites for hydroxylation is 2. The molecule has 1 heterocycles. The van der Waals surface area contributed by atoms with Crippen molar-refractivity contribution in [1.82, 2.24) is 14.7 Å². The van der Waals surface area contributed by atoms with Crippen LogP contribution in [0.4, 0.5) is 0 Å². The Labute approximate surface area is 125 Å². The number of rotatable bonds is 6. The molecular weight excluding hydrogens is 270 g/mol. The Morgan fingerprint density at radius 3 is 2.52 bits per heavy atom. The highest BCUT2D eigenvalue weighted by Crippen LogP contribution is 2.16. The third-order valence-electron chi connectivity index (χ3n) is 3.36. The largest absolute Gasteiger partial charge is 0.409 e. The highest BCUT2D eigenvalue weighted by atomic mass is 16.4. The molecule has 7 nitrogen and oxygen atoms in total. The maximum absolute atomic E-state index is 12.8. The lowest BCUT2D eigenvalue weighted by atomic mass is 10.1. The number of aromatic nitrogens is 2. The van der Waals surface area contributed by atoms with Crippen molar-refractivity contribution in [2.24, 2.45) is 23.9 Å². The van der Waals surface area contributed by atoms with Crippen LogP contribution in [0.2, 0.25) is 0 Å². The normalized spacial score (nSPS) is 12.0. The summed E-state index contributed by atoms with van der Waals surface area (Å²) in [7, 11) is 1.82. The van der Waals surface area contributed by atoms with Crippen LogP contribution in [-0.2, 0) is 7.05 Å². The summed E-state index contributed by atoms with van der Waals surface area (Å²) in [6, 6.07) is 0. The fourth-order valence-electron chi connectivity index (χ4n) is 2.26. The van der Waals surface area contributed by atoms with E-state index in [2.05, 4.69) is 10.3 Å². The molecule has 0 aromatic carbocycles. The quantitative estimate of drug-likeness (QED) is 0.357. The van der Waals surface area contributed by atoms with E-state index in [1.54, 1.807) is 9.58 Å². The van der Waals surface area contributed by atoms with Gasteiger partial charge in [0.15, 0.2) is 0 Å². The topological polar surface area (TPSA) is 96.7 Å². The zero-order valence-corrected chi connectivity index (χ0v) is 13.4. The molecule has 1 rings (SSSR count). The Morgan fingerprint density at radius 2 is 2.10 bits per heavy atom. The zero-order valence-electron chi connectivity index (χ0n) is 13.4. The number of nitrogens with two attached hydrogens (primary N) is 1. The summed E-state index contributed by atoms with van der Waals surface area (Å²) in [6.07, 6.45) is 0.341. The van der Waals surface area contributed by atoms with Crippen LogP contribution >= 0.6 is 0 Å². The van der Waals surface area contributed by atoms with Gasteiger partial charge in [0.2, 0.25) is 0 Å². The summed E-state index contributed by atoms with van der Waals surface area (Å²) >= 11 is 0. The summed E-state index contributed by atoms with van der Waals surface area (Å²) in [6.45, 7) is 8.84. The summed E-state index contributed by atoms with van der Waals surface area (Å²) in [5.74, 6) is 0.396. The maximum atomic E-state index is 12.8. The van der Waals surface area contributed by atoms with Crippen LogP contribution < -0.4 is 5.73 Å². The highest BCUT2D eigenvalue weighted by molar-refractivity contribution is 5.96. The van der Waals surface area contributed by atoms with E-state index in [4.69, 9.17) is 10.9 Å².